The van der Waals surface area contributed by atoms with Gasteiger partial charge in [0.2, 0.25) is 5.95 Å². The van der Waals surface area contributed by atoms with Crippen LogP contribution in [0, 0.1) is 4.91 Å². The van der Waals surface area contributed by atoms with Crippen LogP contribution in [0.5, 0.6) is 0 Å². The molecule has 2 N–H and O–H groups in total. The van der Waals surface area contributed by atoms with Crippen molar-refractivity contribution in [2.45, 2.75) is 45.8 Å². The monoisotopic (exact) mass is 383 g/mol. The van der Waals surface area contributed by atoms with Crippen molar-refractivity contribution < 1.29 is 0 Å². The number of hydrogen-bond donors (Lipinski definition) is 2. The number of aromatic nitrogens is 2. The van der Waals surface area contributed by atoms with E-state index in [1.807, 2.05) is 32.2 Å². The van der Waals surface area contributed by atoms with E-state index in [9.17, 15) is 4.91 Å². The maximum Gasteiger partial charge on any atom is 0.227 e. The van der Waals surface area contributed by atoms with E-state index in [0.29, 0.717) is 18.7 Å². The van der Waals surface area contributed by atoms with Crippen LogP contribution in [0.25, 0.3) is 0 Å². The molecule has 1 aliphatic rings. The number of nitrogens with one attached hydrogen (secondary N) is 2. The van der Waals surface area contributed by atoms with Crippen molar-refractivity contribution >= 4 is 23.3 Å². The Balaban J connectivity index is 1.95. The molecule has 0 unspecified atom stereocenters. The Morgan fingerprint density at radius 3 is 2.68 bits per heavy atom. The number of fused-ring (bicyclic) bond motifs is 1. The predicted molar refractivity (Wildman–Crippen MR) is 115 cm³/mol. The molecule has 0 bridgehead atoms. The molecule has 0 saturated carbocycles. The second-order valence-electron chi connectivity index (χ2n) is 7.37. The van der Waals surface area contributed by atoms with Crippen LogP contribution in [0.1, 0.15) is 32.8 Å². The third-order valence-corrected chi connectivity index (χ3v) is 4.94. The van der Waals surface area contributed by atoms with E-state index in [-0.39, 0.29) is 12.6 Å². The smallest absolute Gasteiger partial charge is 0.227 e. The predicted octanol–water partition coefficient (Wildman–Crippen LogP) is 3.67. The Kier molecular flexibility index (Phi) is 6.28. The van der Waals surface area contributed by atoms with Gasteiger partial charge in [0.1, 0.15) is 12.2 Å². The van der Waals surface area contributed by atoms with Crippen molar-refractivity contribution in [1.82, 2.24) is 9.97 Å². The summed E-state index contributed by atoms with van der Waals surface area (Å²) in [6, 6.07) is 10.5. The van der Waals surface area contributed by atoms with Crippen LogP contribution in [0.2, 0.25) is 0 Å². The van der Waals surface area contributed by atoms with Gasteiger partial charge in [-0.2, -0.15) is 14.9 Å². The van der Waals surface area contributed by atoms with Crippen LogP contribution in [0.3, 0.4) is 0 Å². The van der Waals surface area contributed by atoms with Crippen LogP contribution in [-0.2, 0) is 6.54 Å². The number of nitroso groups, excluding NO2 is 1. The molecular weight excluding hydrogens is 354 g/mol. The topological polar surface area (TPSA) is 85.8 Å². The summed E-state index contributed by atoms with van der Waals surface area (Å²) in [6.07, 6.45) is 0.771. The molecule has 0 fully saturated rings. The van der Waals surface area contributed by atoms with Crippen LogP contribution in [0.4, 0.5) is 23.3 Å². The minimum atomic E-state index is -0.0790. The quantitative estimate of drug-likeness (QED) is 0.639. The zero-order valence-electron chi connectivity index (χ0n) is 17.0. The summed E-state index contributed by atoms with van der Waals surface area (Å²) >= 11 is 0. The van der Waals surface area contributed by atoms with Gasteiger partial charge in [-0.15, -0.1) is 0 Å². The number of nitrogens with zero attached hydrogens (tertiary/aromatic N) is 5. The van der Waals surface area contributed by atoms with Crippen molar-refractivity contribution in [3.05, 3.63) is 40.8 Å². The van der Waals surface area contributed by atoms with Crippen LogP contribution in [-0.4, -0.2) is 42.3 Å². The van der Waals surface area contributed by atoms with Gasteiger partial charge >= 0.3 is 0 Å². The number of anilines is 4. The Hall–Kier alpha value is -2.90. The first-order chi connectivity index (χ1) is 13.5. The summed E-state index contributed by atoms with van der Waals surface area (Å²) in [7, 11) is 2.03. The molecule has 2 heterocycles. The van der Waals surface area contributed by atoms with Gasteiger partial charge in [0, 0.05) is 19.6 Å². The molecule has 2 aromatic rings. The van der Waals surface area contributed by atoms with Gasteiger partial charge in [-0.3, -0.25) is 0 Å². The fourth-order valence-corrected chi connectivity index (χ4v) is 3.29. The molecule has 8 heteroatoms. The minimum Gasteiger partial charge on any atom is -0.362 e. The lowest BCUT2D eigenvalue weighted by molar-refractivity contribution is 0.690. The second-order valence-corrected chi connectivity index (χ2v) is 7.37. The third kappa shape index (κ3) is 4.32. The maximum absolute atomic E-state index is 10.7. The van der Waals surface area contributed by atoms with Gasteiger partial charge in [-0.05, 0) is 25.8 Å². The van der Waals surface area contributed by atoms with E-state index in [4.69, 9.17) is 9.97 Å². The van der Waals surface area contributed by atoms with Gasteiger partial charge in [0.05, 0.1) is 12.7 Å². The van der Waals surface area contributed by atoms with Crippen molar-refractivity contribution in [1.29, 1.82) is 0 Å². The molecule has 1 aromatic carbocycles. The standard InChI is InChI=1S/C20H29N7O/c1-5-16(11-22-28)23-20-24-18(26(4)12-15-9-7-6-8-10-15)17-19(25-20)27(13-21-17)14(2)3/h6-10,14,16,21H,5,11-13H2,1-4H3,(H,23,24,25)/t16-/m1/s1. The Morgan fingerprint density at radius 2 is 2.04 bits per heavy atom. The molecular formula is C20H29N7O. The molecule has 0 amide bonds. The van der Waals surface area contributed by atoms with E-state index < -0.39 is 0 Å². The average Bonchev–Trinajstić information content (AvgIpc) is 3.12. The molecule has 1 aliphatic heterocycles. The molecule has 1 atom stereocenters. The number of benzene rings is 1. The van der Waals surface area contributed by atoms with Gasteiger partial charge < -0.3 is 20.4 Å². The van der Waals surface area contributed by atoms with Gasteiger partial charge in [0.15, 0.2) is 11.6 Å². The lowest BCUT2D eigenvalue weighted by atomic mass is 10.2. The lowest BCUT2D eigenvalue weighted by Gasteiger charge is -2.25. The maximum atomic E-state index is 10.7. The van der Waals surface area contributed by atoms with E-state index in [0.717, 1.165) is 30.3 Å². The highest BCUT2D eigenvalue weighted by molar-refractivity contribution is 5.83. The fourth-order valence-electron chi connectivity index (χ4n) is 3.29. The summed E-state index contributed by atoms with van der Waals surface area (Å²) in [5, 5.41) is 9.76. The largest absolute Gasteiger partial charge is 0.362 e. The zero-order valence-corrected chi connectivity index (χ0v) is 17.0. The molecule has 1 aromatic heterocycles. The number of hydrogen-bond acceptors (Lipinski definition) is 8. The zero-order chi connectivity index (χ0) is 20.1. The van der Waals surface area contributed by atoms with Crippen molar-refractivity contribution in [2.24, 2.45) is 5.18 Å². The average molecular weight is 384 g/mol. The van der Waals surface area contributed by atoms with Gasteiger partial charge in [-0.25, -0.2) is 0 Å². The molecule has 8 nitrogen and oxygen atoms in total. The third-order valence-electron chi connectivity index (χ3n) is 4.94. The molecule has 0 radical (unpaired) electrons. The summed E-state index contributed by atoms with van der Waals surface area (Å²) in [4.78, 5) is 24.6. The van der Waals surface area contributed by atoms with E-state index in [1.165, 1.54) is 5.56 Å². The summed E-state index contributed by atoms with van der Waals surface area (Å²) in [5.74, 6) is 2.25. The van der Waals surface area contributed by atoms with E-state index in [1.54, 1.807) is 0 Å². The Bertz CT molecular complexity index is 797. The SMILES string of the molecule is CC[C@H](CN=O)Nc1nc(N(C)Cc2ccccc2)c2c(n1)N(C(C)C)CN2. The Morgan fingerprint density at radius 1 is 1.29 bits per heavy atom. The van der Waals surface area contributed by atoms with Crippen LogP contribution in [0.15, 0.2) is 35.5 Å². The first-order valence-corrected chi connectivity index (χ1v) is 9.76. The molecule has 0 saturated heterocycles. The van der Waals surface area contributed by atoms with Crippen molar-refractivity contribution in [2.75, 3.05) is 40.7 Å². The van der Waals surface area contributed by atoms with Crippen molar-refractivity contribution in [3.8, 4) is 0 Å². The summed E-state index contributed by atoms with van der Waals surface area (Å²) < 4.78 is 0. The second kappa shape index (κ2) is 8.86. The fraction of sp³-hybridized carbons (Fsp3) is 0.500. The molecule has 0 spiro atoms. The highest BCUT2D eigenvalue weighted by Crippen LogP contribution is 2.39. The molecule has 3 rings (SSSR count). The van der Waals surface area contributed by atoms with Crippen molar-refractivity contribution in [3.63, 3.8) is 0 Å². The van der Waals surface area contributed by atoms with Crippen LogP contribution < -0.4 is 20.4 Å². The van der Waals surface area contributed by atoms with Gasteiger partial charge in [0.25, 0.3) is 0 Å². The lowest BCUT2D eigenvalue weighted by Crippen LogP contribution is -2.31. The van der Waals surface area contributed by atoms with Crippen LogP contribution >= 0.6 is 0 Å². The van der Waals surface area contributed by atoms with E-state index in [2.05, 4.69) is 51.6 Å². The Labute approximate surface area is 166 Å². The number of rotatable bonds is 9. The summed E-state index contributed by atoms with van der Waals surface area (Å²) in [6.45, 7) is 7.93. The molecule has 28 heavy (non-hydrogen) atoms. The minimum absolute atomic E-state index is 0.0790. The normalized spacial score (nSPS) is 13.8. The summed E-state index contributed by atoms with van der Waals surface area (Å²) in [5.41, 5.74) is 2.15. The first-order valence-electron chi connectivity index (χ1n) is 9.76. The molecule has 150 valence electrons. The highest BCUT2D eigenvalue weighted by atomic mass is 16.3. The highest BCUT2D eigenvalue weighted by Gasteiger charge is 2.29. The first kappa shape index (κ1) is 19.9. The molecule has 0 aliphatic carbocycles. The van der Waals surface area contributed by atoms with E-state index >= 15 is 0 Å². The van der Waals surface area contributed by atoms with Gasteiger partial charge in [-0.1, -0.05) is 42.4 Å².